The fourth-order valence-electron chi connectivity index (χ4n) is 2.59. The summed E-state index contributed by atoms with van der Waals surface area (Å²) >= 11 is 0. The Morgan fingerprint density at radius 3 is 2.40 bits per heavy atom. The predicted molar refractivity (Wildman–Crippen MR) is 91.4 cm³/mol. The van der Waals surface area contributed by atoms with Crippen molar-refractivity contribution in [2.24, 2.45) is 0 Å². The smallest absolute Gasteiger partial charge is 0.324 e. The lowest BCUT2D eigenvalue weighted by molar-refractivity contribution is -0.126. The van der Waals surface area contributed by atoms with Crippen molar-refractivity contribution >= 4 is 23.5 Å². The minimum atomic E-state index is -0.698. The molecule has 0 bridgehead atoms. The quantitative estimate of drug-likeness (QED) is 0.836. The van der Waals surface area contributed by atoms with E-state index in [1.54, 1.807) is 48.5 Å². The third-order valence-electron chi connectivity index (χ3n) is 4.00. The molecule has 1 saturated heterocycles. The molecule has 1 unspecified atom stereocenters. The van der Waals surface area contributed by atoms with Crippen molar-refractivity contribution in [3.63, 3.8) is 0 Å². The Morgan fingerprint density at radius 2 is 1.80 bits per heavy atom. The number of amides is 4. The lowest BCUT2D eigenvalue weighted by Gasteiger charge is -2.11. The molecule has 0 radical (unpaired) electrons. The van der Waals surface area contributed by atoms with Crippen LogP contribution in [0.4, 0.5) is 10.5 Å². The molecule has 2 aromatic rings. The zero-order valence-electron chi connectivity index (χ0n) is 13.8. The number of benzene rings is 2. The first-order valence-corrected chi connectivity index (χ1v) is 7.63. The van der Waals surface area contributed by atoms with Gasteiger partial charge >= 0.3 is 6.03 Å². The Morgan fingerprint density at radius 1 is 1.12 bits per heavy atom. The number of ether oxygens (including phenoxy) is 1. The molecule has 7 heteroatoms. The van der Waals surface area contributed by atoms with E-state index in [-0.39, 0.29) is 11.8 Å². The van der Waals surface area contributed by atoms with Gasteiger partial charge in [-0.2, -0.15) is 0 Å². The highest BCUT2D eigenvalue weighted by atomic mass is 16.5. The van der Waals surface area contributed by atoms with Gasteiger partial charge in [0.1, 0.15) is 11.8 Å². The zero-order valence-corrected chi connectivity index (χ0v) is 13.8. The average molecular weight is 339 g/mol. The predicted octanol–water partition coefficient (Wildman–Crippen LogP) is 2.17. The lowest BCUT2D eigenvalue weighted by Crippen LogP contribution is -2.25. The number of likely N-dealkylation sites (N-methyl/N-ethyl adjacent to an activating group) is 1. The highest BCUT2D eigenvalue weighted by Gasteiger charge is 2.36. The van der Waals surface area contributed by atoms with Crippen LogP contribution in [0.15, 0.2) is 48.5 Å². The summed E-state index contributed by atoms with van der Waals surface area (Å²) in [6.45, 7) is 0. The number of urea groups is 1. The summed E-state index contributed by atoms with van der Waals surface area (Å²) in [4.78, 5) is 36.9. The number of carbonyl (C=O) groups excluding carboxylic acids is 3. The first kappa shape index (κ1) is 16.5. The van der Waals surface area contributed by atoms with E-state index in [0.29, 0.717) is 22.6 Å². The van der Waals surface area contributed by atoms with E-state index < -0.39 is 12.1 Å². The molecule has 4 amide bonds. The van der Waals surface area contributed by atoms with Crippen LogP contribution in [-0.2, 0) is 4.79 Å². The summed E-state index contributed by atoms with van der Waals surface area (Å²) in [5.41, 5.74) is 1.65. The summed E-state index contributed by atoms with van der Waals surface area (Å²) in [6.07, 6.45) is 0. The second kappa shape index (κ2) is 6.64. The third kappa shape index (κ3) is 3.16. The molecule has 2 N–H and O–H groups in total. The van der Waals surface area contributed by atoms with Crippen LogP contribution in [0.2, 0.25) is 0 Å². The van der Waals surface area contributed by atoms with Crippen molar-refractivity contribution < 1.29 is 19.1 Å². The lowest BCUT2D eigenvalue weighted by atomic mass is 10.1. The van der Waals surface area contributed by atoms with E-state index in [1.165, 1.54) is 14.2 Å². The minimum Gasteiger partial charge on any atom is -0.496 e. The molecule has 1 fully saturated rings. The van der Waals surface area contributed by atoms with Gasteiger partial charge in [-0.1, -0.05) is 24.3 Å². The monoisotopic (exact) mass is 339 g/mol. The highest BCUT2D eigenvalue weighted by Crippen LogP contribution is 2.23. The summed E-state index contributed by atoms with van der Waals surface area (Å²) in [5.74, 6) is -0.120. The van der Waals surface area contributed by atoms with Crippen LogP contribution in [0.3, 0.4) is 0 Å². The number of nitrogens with zero attached hydrogens (tertiary/aromatic N) is 1. The van der Waals surface area contributed by atoms with E-state index >= 15 is 0 Å². The van der Waals surface area contributed by atoms with Gasteiger partial charge in [0, 0.05) is 12.7 Å². The molecular weight excluding hydrogens is 322 g/mol. The van der Waals surface area contributed by atoms with Crippen LogP contribution in [0, 0.1) is 0 Å². The Labute approximate surface area is 144 Å². The van der Waals surface area contributed by atoms with Gasteiger partial charge in [0.15, 0.2) is 0 Å². The molecule has 0 aliphatic carbocycles. The van der Waals surface area contributed by atoms with Crippen molar-refractivity contribution in [2.75, 3.05) is 19.5 Å². The second-order valence-electron chi connectivity index (χ2n) is 5.56. The number of carbonyl (C=O) groups is 3. The summed E-state index contributed by atoms with van der Waals surface area (Å²) in [7, 11) is 2.93. The fraction of sp³-hybridized carbons (Fsp3) is 0.167. The maximum Gasteiger partial charge on any atom is 0.324 e. The Hall–Kier alpha value is -3.35. The van der Waals surface area contributed by atoms with Gasteiger partial charge < -0.3 is 15.4 Å². The number of methoxy groups -OCH3 is 1. The van der Waals surface area contributed by atoms with E-state index in [2.05, 4.69) is 10.6 Å². The maximum absolute atomic E-state index is 12.4. The number of anilines is 1. The van der Waals surface area contributed by atoms with Gasteiger partial charge in [0.25, 0.3) is 11.8 Å². The van der Waals surface area contributed by atoms with Crippen molar-refractivity contribution in [1.29, 1.82) is 0 Å². The first-order chi connectivity index (χ1) is 12.0. The van der Waals surface area contributed by atoms with Gasteiger partial charge in [-0.3, -0.25) is 14.5 Å². The first-order valence-electron chi connectivity index (χ1n) is 7.63. The number of imide groups is 1. The minimum absolute atomic E-state index is 0.296. The SMILES string of the molecule is COc1ccccc1C(=O)Nc1ccc(C2NC(=O)N(C)C2=O)cc1. The molecule has 25 heavy (non-hydrogen) atoms. The van der Waals surface area contributed by atoms with E-state index in [9.17, 15) is 14.4 Å². The Kier molecular flexibility index (Phi) is 4.38. The number of hydrogen-bond acceptors (Lipinski definition) is 4. The summed E-state index contributed by atoms with van der Waals surface area (Å²) < 4.78 is 5.18. The molecule has 1 aliphatic rings. The molecule has 0 spiro atoms. The average Bonchev–Trinajstić information content (AvgIpc) is 2.89. The molecule has 128 valence electrons. The number of nitrogens with one attached hydrogen (secondary N) is 2. The second-order valence-corrected chi connectivity index (χ2v) is 5.56. The third-order valence-corrected chi connectivity index (χ3v) is 4.00. The highest BCUT2D eigenvalue weighted by molar-refractivity contribution is 6.06. The number of rotatable bonds is 4. The van der Waals surface area contributed by atoms with E-state index in [1.807, 2.05) is 0 Å². The molecule has 7 nitrogen and oxygen atoms in total. The van der Waals surface area contributed by atoms with E-state index in [0.717, 1.165) is 4.90 Å². The van der Waals surface area contributed by atoms with Crippen LogP contribution < -0.4 is 15.4 Å². The number of para-hydroxylation sites is 1. The van der Waals surface area contributed by atoms with Gasteiger partial charge in [-0.05, 0) is 29.8 Å². The molecule has 0 aromatic heterocycles. The van der Waals surface area contributed by atoms with Crippen LogP contribution in [0.1, 0.15) is 22.0 Å². The number of hydrogen-bond donors (Lipinski definition) is 2. The van der Waals surface area contributed by atoms with Crippen molar-refractivity contribution in [3.8, 4) is 5.75 Å². The largest absolute Gasteiger partial charge is 0.496 e. The molecular formula is C18H17N3O4. The molecule has 1 heterocycles. The van der Waals surface area contributed by atoms with Crippen LogP contribution >= 0.6 is 0 Å². The Balaban J connectivity index is 1.74. The van der Waals surface area contributed by atoms with E-state index in [4.69, 9.17) is 4.74 Å². The van der Waals surface area contributed by atoms with Crippen LogP contribution in [0.25, 0.3) is 0 Å². The summed E-state index contributed by atoms with van der Waals surface area (Å²) in [5, 5.41) is 5.38. The van der Waals surface area contributed by atoms with Crippen LogP contribution in [0.5, 0.6) is 5.75 Å². The van der Waals surface area contributed by atoms with Gasteiger partial charge in [-0.25, -0.2) is 4.79 Å². The maximum atomic E-state index is 12.4. The normalized spacial score (nSPS) is 16.6. The van der Waals surface area contributed by atoms with Gasteiger partial charge in [-0.15, -0.1) is 0 Å². The van der Waals surface area contributed by atoms with Crippen molar-refractivity contribution in [1.82, 2.24) is 10.2 Å². The van der Waals surface area contributed by atoms with Gasteiger partial charge in [0.05, 0.1) is 12.7 Å². The molecule has 0 saturated carbocycles. The Bertz CT molecular complexity index is 832. The van der Waals surface area contributed by atoms with Crippen molar-refractivity contribution in [2.45, 2.75) is 6.04 Å². The molecule has 1 aliphatic heterocycles. The fourth-order valence-corrected chi connectivity index (χ4v) is 2.59. The van der Waals surface area contributed by atoms with Gasteiger partial charge in [0.2, 0.25) is 0 Å². The van der Waals surface area contributed by atoms with Crippen molar-refractivity contribution in [3.05, 3.63) is 59.7 Å². The topological polar surface area (TPSA) is 87.7 Å². The standard InChI is InChI=1S/C18H17N3O4/c1-21-17(23)15(20-18(21)24)11-7-9-12(10-8-11)19-16(22)13-5-3-4-6-14(13)25-2/h3-10,15H,1-2H3,(H,19,22)(H,20,24). The summed E-state index contributed by atoms with van der Waals surface area (Å²) in [6, 6.07) is 12.5. The molecule has 2 aromatic carbocycles. The molecule has 3 rings (SSSR count). The zero-order chi connectivity index (χ0) is 18.0. The molecule has 1 atom stereocenters. The van der Waals surface area contributed by atoms with Crippen LogP contribution in [-0.4, -0.2) is 36.9 Å².